The Bertz CT molecular complexity index is 790. The molecule has 0 bridgehead atoms. The number of aromatic hydroxyl groups is 3. The molecule has 0 saturated heterocycles. The zero-order valence-corrected chi connectivity index (χ0v) is 14.2. The molecule has 0 amide bonds. The molecule has 0 aliphatic rings. The number of ketones is 1. The molecular formula is C15H15O7PS. The molecule has 0 heterocycles. The number of hydrogen-bond acceptors (Lipinski definition) is 6. The fourth-order valence-electron chi connectivity index (χ4n) is 2.36. The minimum Gasteiger partial charge on any atom is -0.508 e. The Morgan fingerprint density at radius 2 is 1.54 bits per heavy atom. The predicted molar refractivity (Wildman–Crippen MR) is 88.3 cm³/mol. The van der Waals surface area contributed by atoms with Crippen molar-refractivity contribution in [2.45, 2.75) is 17.7 Å². The third kappa shape index (κ3) is 4.30. The van der Waals surface area contributed by atoms with Crippen LogP contribution in [0.5, 0.6) is 17.2 Å². The monoisotopic (exact) mass is 370 g/mol. The van der Waals surface area contributed by atoms with E-state index in [-0.39, 0.29) is 33.4 Å². The first kappa shape index (κ1) is 18.4. The summed E-state index contributed by atoms with van der Waals surface area (Å²) in [6.07, 6.45) is 0. The van der Waals surface area contributed by atoms with Crippen molar-refractivity contribution >= 4 is 24.0 Å². The number of phenols is 3. The van der Waals surface area contributed by atoms with E-state index in [1.165, 1.54) is 31.2 Å². The van der Waals surface area contributed by atoms with E-state index in [0.29, 0.717) is 5.56 Å². The molecule has 5 N–H and O–H groups in total. The molecule has 0 radical (unpaired) electrons. The smallest absolute Gasteiger partial charge is 0.388 e. The number of benzene rings is 2. The summed E-state index contributed by atoms with van der Waals surface area (Å²) in [5.41, 5.74) is 0.379. The van der Waals surface area contributed by atoms with Crippen LogP contribution in [0.1, 0.15) is 24.0 Å². The summed E-state index contributed by atoms with van der Waals surface area (Å²) in [7, 11) is 0. The molecule has 0 saturated carbocycles. The van der Waals surface area contributed by atoms with Crippen LogP contribution < -0.4 is 0 Å². The molecule has 2 aromatic carbocycles. The Morgan fingerprint density at radius 1 is 1.04 bits per heavy atom. The SMILES string of the molecule is CC(=O)C(c1ccc(O)cc1)c1c(O)cc(SP(=O)(O)O)cc1O. The van der Waals surface area contributed by atoms with E-state index in [1.54, 1.807) is 0 Å². The maximum Gasteiger partial charge on any atom is 0.388 e. The van der Waals surface area contributed by atoms with Gasteiger partial charge in [-0.05, 0) is 48.1 Å². The van der Waals surface area contributed by atoms with Crippen LogP contribution in [-0.2, 0) is 9.36 Å². The molecule has 128 valence electrons. The lowest BCUT2D eigenvalue weighted by Crippen LogP contribution is -2.11. The molecule has 0 aliphatic carbocycles. The van der Waals surface area contributed by atoms with Crippen LogP contribution in [0.3, 0.4) is 0 Å². The summed E-state index contributed by atoms with van der Waals surface area (Å²) < 4.78 is 11.0. The Kier molecular flexibility index (Phi) is 5.25. The first-order chi connectivity index (χ1) is 11.1. The van der Waals surface area contributed by atoms with Gasteiger partial charge in [0, 0.05) is 4.90 Å². The minimum absolute atomic E-state index is 0.00267. The van der Waals surface area contributed by atoms with Crippen LogP contribution in [0.25, 0.3) is 0 Å². The van der Waals surface area contributed by atoms with E-state index >= 15 is 0 Å². The molecular weight excluding hydrogens is 355 g/mol. The zero-order valence-electron chi connectivity index (χ0n) is 12.4. The molecule has 24 heavy (non-hydrogen) atoms. The minimum atomic E-state index is -4.45. The highest BCUT2D eigenvalue weighted by Gasteiger charge is 2.27. The van der Waals surface area contributed by atoms with Gasteiger partial charge in [0.15, 0.2) is 0 Å². The first-order valence-electron chi connectivity index (χ1n) is 6.69. The second-order valence-corrected chi connectivity index (χ2v) is 8.70. The summed E-state index contributed by atoms with van der Waals surface area (Å²) in [5, 5.41) is 29.7. The molecule has 2 aromatic rings. The molecule has 2 rings (SSSR count). The average molecular weight is 370 g/mol. The largest absolute Gasteiger partial charge is 0.508 e. The Labute approximate surface area is 141 Å². The fourth-order valence-corrected chi connectivity index (χ4v) is 4.10. The maximum atomic E-state index is 12.0. The van der Waals surface area contributed by atoms with Crippen LogP contribution in [0, 0.1) is 0 Å². The summed E-state index contributed by atoms with van der Waals surface area (Å²) in [4.78, 5) is 29.9. The van der Waals surface area contributed by atoms with Gasteiger partial charge in [0.2, 0.25) is 0 Å². The lowest BCUT2D eigenvalue weighted by molar-refractivity contribution is -0.117. The Morgan fingerprint density at radius 3 is 1.96 bits per heavy atom. The van der Waals surface area contributed by atoms with Gasteiger partial charge in [0.1, 0.15) is 23.0 Å². The molecule has 0 aromatic heterocycles. The number of phenolic OH excluding ortho intramolecular Hbond substituents is 3. The second kappa shape index (κ2) is 6.86. The predicted octanol–water partition coefficient (Wildman–Crippen LogP) is 2.71. The highest BCUT2D eigenvalue weighted by Crippen LogP contribution is 2.56. The van der Waals surface area contributed by atoms with Gasteiger partial charge in [0.05, 0.1) is 11.5 Å². The molecule has 0 spiro atoms. The number of carbonyl (C=O) groups is 1. The van der Waals surface area contributed by atoms with Crippen molar-refractivity contribution in [2.75, 3.05) is 0 Å². The molecule has 1 unspecified atom stereocenters. The van der Waals surface area contributed by atoms with Gasteiger partial charge in [-0.3, -0.25) is 4.79 Å². The van der Waals surface area contributed by atoms with Crippen molar-refractivity contribution < 1.29 is 34.5 Å². The Balaban J connectivity index is 2.53. The summed E-state index contributed by atoms with van der Waals surface area (Å²) >= 11 is 0.184. The number of carbonyl (C=O) groups excluding carboxylic acids is 1. The fraction of sp³-hybridized carbons (Fsp3) is 0.133. The van der Waals surface area contributed by atoms with Gasteiger partial charge in [0.25, 0.3) is 0 Å². The van der Waals surface area contributed by atoms with E-state index in [9.17, 15) is 24.7 Å². The molecule has 9 heteroatoms. The third-order valence-electron chi connectivity index (χ3n) is 3.26. The normalized spacial score (nSPS) is 12.8. The van der Waals surface area contributed by atoms with Crippen molar-refractivity contribution in [2.24, 2.45) is 0 Å². The summed E-state index contributed by atoms with van der Waals surface area (Å²) in [5.74, 6) is -2.26. The van der Waals surface area contributed by atoms with Crippen molar-refractivity contribution in [3.8, 4) is 17.2 Å². The van der Waals surface area contributed by atoms with E-state index in [4.69, 9.17) is 9.79 Å². The van der Waals surface area contributed by atoms with E-state index < -0.39 is 24.2 Å². The Hall–Kier alpha value is -1.99. The third-order valence-corrected chi connectivity index (χ3v) is 5.29. The highest BCUT2D eigenvalue weighted by molar-refractivity contribution is 8.54. The van der Waals surface area contributed by atoms with Gasteiger partial charge < -0.3 is 25.1 Å². The average Bonchev–Trinajstić information content (AvgIpc) is 2.42. The first-order valence-corrected chi connectivity index (χ1v) is 9.72. The van der Waals surface area contributed by atoms with Crippen molar-refractivity contribution in [3.63, 3.8) is 0 Å². The highest BCUT2D eigenvalue weighted by atomic mass is 32.7. The number of rotatable bonds is 5. The van der Waals surface area contributed by atoms with Crippen molar-refractivity contribution in [3.05, 3.63) is 47.5 Å². The van der Waals surface area contributed by atoms with E-state index in [2.05, 4.69) is 0 Å². The second-order valence-electron chi connectivity index (χ2n) is 5.09. The van der Waals surface area contributed by atoms with Crippen molar-refractivity contribution in [1.82, 2.24) is 0 Å². The summed E-state index contributed by atoms with van der Waals surface area (Å²) in [6.45, 7) is -3.16. The lowest BCUT2D eigenvalue weighted by Gasteiger charge is -2.18. The molecule has 1 atom stereocenters. The number of Topliss-reactive ketones (excluding diaryl/α,β-unsaturated/α-hetero) is 1. The molecule has 0 aliphatic heterocycles. The van der Waals surface area contributed by atoms with Crippen LogP contribution in [-0.4, -0.2) is 30.9 Å². The van der Waals surface area contributed by atoms with E-state index in [1.807, 2.05) is 0 Å². The van der Waals surface area contributed by atoms with E-state index in [0.717, 1.165) is 12.1 Å². The van der Waals surface area contributed by atoms with Crippen LogP contribution >= 0.6 is 18.2 Å². The van der Waals surface area contributed by atoms with Crippen molar-refractivity contribution in [1.29, 1.82) is 0 Å². The number of hydrogen-bond donors (Lipinski definition) is 5. The topological polar surface area (TPSA) is 135 Å². The van der Waals surface area contributed by atoms with Crippen LogP contribution in [0.4, 0.5) is 0 Å². The van der Waals surface area contributed by atoms with Crippen LogP contribution in [0.2, 0.25) is 0 Å². The van der Waals surface area contributed by atoms with Gasteiger partial charge >= 0.3 is 6.80 Å². The summed E-state index contributed by atoms with van der Waals surface area (Å²) in [6, 6.07) is 7.87. The zero-order chi connectivity index (χ0) is 18.1. The quantitative estimate of drug-likeness (QED) is 0.507. The van der Waals surface area contributed by atoms with Gasteiger partial charge in [-0.1, -0.05) is 12.1 Å². The van der Waals surface area contributed by atoms with Gasteiger partial charge in [-0.25, -0.2) is 4.57 Å². The standard InChI is InChI=1S/C15H15O7PS/c1-8(16)14(9-2-4-10(17)5-3-9)15-12(18)6-11(7-13(15)19)24-23(20,21)22/h2-7,14,17-19H,1H3,(H2,20,21,22). The lowest BCUT2D eigenvalue weighted by atomic mass is 9.87. The van der Waals surface area contributed by atoms with Gasteiger partial charge in [-0.2, -0.15) is 0 Å². The maximum absolute atomic E-state index is 12.0. The van der Waals surface area contributed by atoms with Crippen LogP contribution in [0.15, 0.2) is 41.3 Å². The van der Waals surface area contributed by atoms with Gasteiger partial charge in [-0.15, -0.1) is 0 Å². The molecule has 0 fully saturated rings. The molecule has 7 nitrogen and oxygen atoms in total.